The van der Waals surface area contributed by atoms with Crippen LogP contribution in [0.4, 0.5) is 5.82 Å². The number of primary amides is 1. The van der Waals surface area contributed by atoms with Crippen LogP contribution in [0.3, 0.4) is 0 Å². The Morgan fingerprint density at radius 2 is 2.50 bits per heavy atom. The van der Waals surface area contributed by atoms with Crippen LogP contribution in [0.2, 0.25) is 0 Å². The minimum absolute atomic E-state index is 0.208. The molecule has 0 aromatic carbocycles. The van der Waals surface area contributed by atoms with Gasteiger partial charge in [0.25, 0.3) is 5.91 Å². The summed E-state index contributed by atoms with van der Waals surface area (Å²) in [6, 6.07) is 0.332. The summed E-state index contributed by atoms with van der Waals surface area (Å²) in [6.45, 7) is 0. The van der Waals surface area contributed by atoms with Crippen LogP contribution in [0.1, 0.15) is 23.3 Å². The summed E-state index contributed by atoms with van der Waals surface area (Å²) in [5.41, 5.74) is 7.85. The Balaban J connectivity index is 2.00. The molecule has 1 fully saturated rings. The Hall–Kier alpha value is -1.92. The molecule has 2 rings (SSSR count). The van der Waals surface area contributed by atoms with Gasteiger partial charge in [0.2, 0.25) is 0 Å². The third kappa shape index (κ3) is 1.87. The van der Waals surface area contributed by atoms with Crippen molar-refractivity contribution in [2.24, 2.45) is 16.1 Å². The molecular weight excluding hydrogens is 184 g/mol. The van der Waals surface area contributed by atoms with Crippen molar-refractivity contribution in [1.82, 2.24) is 9.97 Å². The van der Waals surface area contributed by atoms with Gasteiger partial charge in [0, 0.05) is 0 Å². The average Bonchev–Trinajstić information content (AvgIpc) is 2.82. The molecule has 1 saturated carbocycles. The molecule has 0 radical (unpaired) electrons. The van der Waals surface area contributed by atoms with Crippen molar-refractivity contribution in [2.75, 3.05) is 5.43 Å². The molecule has 14 heavy (non-hydrogen) atoms. The van der Waals surface area contributed by atoms with Gasteiger partial charge in [0.15, 0.2) is 5.82 Å². The van der Waals surface area contributed by atoms with E-state index in [4.69, 9.17) is 5.73 Å². The highest BCUT2D eigenvalue weighted by molar-refractivity contribution is 5.95. The molecule has 0 atom stereocenters. The first-order valence-electron chi connectivity index (χ1n) is 4.26. The molecule has 0 spiro atoms. The lowest BCUT2D eigenvalue weighted by Gasteiger charge is -1.95. The summed E-state index contributed by atoms with van der Waals surface area (Å²) in [5.74, 6) is -0.270. The summed E-state index contributed by atoms with van der Waals surface area (Å²) >= 11 is 0. The molecule has 0 unspecified atom stereocenters. The zero-order valence-electron chi connectivity index (χ0n) is 7.40. The lowest BCUT2D eigenvalue weighted by atomic mass is 10.4. The maximum atomic E-state index is 10.8. The number of carbonyl (C=O) groups is 1. The lowest BCUT2D eigenvalue weighted by Crippen LogP contribution is -2.13. The second kappa shape index (κ2) is 3.44. The molecular formula is C7H10N6O. The van der Waals surface area contributed by atoms with E-state index >= 15 is 0 Å². The number of aromatic amines is 1. The predicted octanol–water partition coefficient (Wildman–Crippen LogP) is 0.450. The molecule has 0 saturated heterocycles. The third-order valence-corrected chi connectivity index (χ3v) is 1.81. The van der Waals surface area contributed by atoms with Crippen LogP contribution in [0.5, 0.6) is 0 Å². The first-order valence-corrected chi connectivity index (χ1v) is 4.26. The van der Waals surface area contributed by atoms with Crippen LogP contribution in [0.15, 0.2) is 16.7 Å². The van der Waals surface area contributed by atoms with Gasteiger partial charge >= 0.3 is 0 Å². The monoisotopic (exact) mass is 194 g/mol. The van der Waals surface area contributed by atoms with Crippen molar-refractivity contribution in [1.29, 1.82) is 0 Å². The Labute approximate surface area is 79.8 Å². The Morgan fingerprint density at radius 1 is 1.71 bits per heavy atom. The number of aromatic nitrogens is 2. The van der Waals surface area contributed by atoms with E-state index in [1.165, 1.54) is 6.33 Å². The molecule has 1 aliphatic carbocycles. The van der Waals surface area contributed by atoms with Crippen LogP contribution in [0.25, 0.3) is 0 Å². The number of hydrogen-bond donors (Lipinski definition) is 3. The second-order valence-corrected chi connectivity index (χ2v) is 3.05. The first kappa shape index (κ1) is 8.67. The summed E-state index contributed by atoms with van der Waals surface area (Å²) in [6.07, 6.45) is 3.53. The standard InChI is InChI=1S/C7H10N6O/c8-6(14)5-7(10-3-9-5)12-13-11-4-1-2-4/h3-4H,1-2H2,(H2,8,14)(H,9,10)(H,11,12). The average molecular weight is 194 g/mol. The maximum Gasteiger partial charge on any atom is 0.269 e. The fourth-order valence-electron chi connectivity index (χ4n) is 0.915. The maximum absolute atomic E-state index is 10.8. The highest BCUT2D eigenvalue weighted by Gasteiger charge is 2.20. The van der Waals surface area contributed by atoms with Crippen LogP contribution in [-0.4, -0.2) is 21.9 Å². The van der Waals surface area contributed by atoms with E-state index in [1.807, 2.05) is 0 Å². The van der Waals surface area contributed by atoms with E-state index in [1.54, 1.807) is 0 Å². The quantitative estimate of drug-likeness (QED) is 0.478. The molecule has 1 aliphatic rings. The summed E-state index contributed by atoms with van der Waals surface area (Å²) in [4.78, 5) is 17.3. The van der Waals surface area contributed by atoms with Gasteiger partial charge in [-0.2, -0.15) is 5.11 Å². The first-order chi connectivity index (χ1) is 6.77. The number of nitrogens with two attached hydrogens (primary N) is 1. The minimum atomic E-state index is -0.577. The molecule has 1 aromatic rings. The summed E-state index contributed by atoms with van der Waals surface area (Å²) in [5, 5.41) is 7.62. The van der Waals surface area contributed by atoms with E-state index in [0.29, 0.717) is 11.9 Å². The van der Waals surface area contributed by atoms with E-state index < -0.39 is 5.91 Å². The van der Waals surface area contributed by atoms with Crippen molar-refractivity contribution in [3.63, 3.8) is 0 Å². The van der Waals surface area contributed by atoms with Gasteiger partial charge in [-0.1, -0.05) is 5.22 Å². The van der Waals surface area contributed by atoms with Crippen LogP contribution in [0, 0.1) is 0 Å². The van der Waals surface area contributed by atoms with Gasteiger partial charge in [-0.3, -0.25) is 4.79 Å². The second-order valence-electron chi connectivity index (χ2n) is 3.05. The molecule has 7 heteroatoms. The molecule has 4 N–H and O–H groups in total. The SMILES string of the molecule is NC(=O)c1[nH]cnc1NN=NC1CC1. The van der Waals surface area contributed by atoms with E-state index in [2.05, 4.69) is 25.7 Å². The lowest BCUT2D eigenvalue weighted by molar-refractivity contribution is 0.0997. The highest BCUT2D eigenvalue weighted by atomic mass is 16.1. The van der Waals surface area contributed by atoms with Gasteiger partial charge in [-0.15, -0.1) is 0 Å². The van der Waals surface area contributed by atoms with Gasteiger partial charge < -0.3 is 10.7 Å². The largest absolute Gasteiger partial charge is 0.364 e. The number of nitrogens with zero attached hydrogens (tertiary/aromatic N) is 3. The number of rotatable bonds is 4. The zero-order valence-corrected chi connectivity index (χ0v) is 7.40. The van der Waals surface area contributed by atoms with E-state index in [0.717, 1.165) is 12.8 Å². The predicted molar refractivity (Wildman–Crippen MR) is 48.6 cm³/mol. The molecule has 74 valence electrons. The molecule has 1 aromatic heterocycles. The van der Waals surface area contributed by atoms with E-state index in [9.17, 15) is 4.79 Å². The van der Waals surface area contributed by atoms with Gasteiger partial charge in [-0.05, 0) is 12.8 Å². The number of carbonyl (C=O) groups excluding carboxylic acids is 1. The van der Waals surface area contributed by atoms with Crippen molar-refractivity contribution in [2.45, 2.75) is 18.9 Å². The van der Waals surface area contributed by atoms with Crippen molar-refractivity contribution < 1.29 is 4.79 Å². The van der Waals surface area contributed by atoms with Crippen LogP contribution in [-0.2, 0) is 0 Å². The van der Waals surface area contributed by atoms with Crippen LogP contribution >= 0.6 is 0 Å². The number of amides is 1. The van der Waals surface area contributed by atoms with E-state index in [-0.39, 0.29) is 5.69 Å². The van der Waals surface area contributed by atoms with Crippen molar-refractivity contribution in [3.8, 4) is 0 Å². The summed E-state index contributed by atoms with van der Waals surface area (Å²) in [7, 11) is 0. The molecule has 1 amide bonds. The van der Waals surface area contributed by atoms with Crippen molar-refractivity contribution >= 4 is 11.7 Å². The summed E-state index contributed by atoms with van der Waals surface area (Å²) < 4.78 is 0. The van der Waals surface area contributed by atoms with Gasteiger partial charge in [-0.25, -0.2) is 10.4 Å². The number of hydrogen-bond acceptors (Lipinski definition) is 4. The number of nitrogens with one attached hydrogen (secondary N) is 2. The van der Waals surface area contributed by atoms with Gasteiger partial charge in [0.1, 0.15) is 5.69 Å². The topological polar surface area (TPSA) is 109 Å². The highest BCUT2D eigenvalue weighted by Crippen LogP contribution is 2.23. The zero-order chi connectivity index (χ0) is 9.97. The minimum Gasteiger partial charge on any atom is -0.364 e. The Kier molecular flexibility index (Phi) is 2.13. The molecule has 0 bridgehead atoms. The number of H-pyrrole nitrogens is 1. The molecule has 1 heterocycles. The normalized spacial score (nSPS) is 16.0. The Bertz CT molecular complexity index is 366. The third-order valence-electron chi connectivity index (χ3n) is 1.81. The molecule has 0 aliphatic heterocycles. The number of anilines is 1. The number of imidazole rings is 1. The molecule has 7 nitrogen and oxygen atoms in total. The van der Waals surface area contributed by atoms with Crippen molar-refractivity contribution in [3.05, 3.63) is 12.0 Å². The fourth-order valence-corrected chi connectivity index (χ4v) is 0.915. The van der Waals surface area contributed by atoms with Crippen LogP contribution < -0.4 is 11.2 Å². The Morgan fingerprint density at radius 3 is 3.14 bits per heavy atom. The smallest absolute Gasteiger partial charge is 0.269 e. The fraction of sp³-hybridized carbons (Fsp3) is 0.429. The van der Waals surface area contributed by atoms with Gasteiger partial charge in [0.05, 0.1) is 12.4 Å².